The van der Waals surface area contributed by atoms with Crippen LogP contribution in [0.4, 0.5) is 0 Å². The molecule has 1 saturated heterocycles. The van der Waals surface area contributed by atoms with Gasteiger partial charge in [0.2, 0.25) is 0 Å². The van der Waals surface area contributed by atoms with Crippen molar-refractivity contribution in [1.29, 1.82) is 0 Å². The molecule has 1 aliphatic heterocycles. The van der Waals surface area contributed by atoms with Crippen molar-refractivity contribution in [2.75, 3.05) is 13.7 Å². The second-order valence-corrected chi connectivity index (χ2v) is 11.1. The standard InChI is InChI=1S/C31H32BrNO5/c1-6-38-23-14-7-19(8-15-23)18-33-27(20-9-12-22(13-10-20)31(2,3)4)26(29(35)30(33)36)28(34)21-11-16-25(37-5)24(32)17-21/h7-17,27,34H,6,18H2,1-5H3/b28-26-. The Morgan fingerprint density at radius 2 is 1.66 bits per heavy atom. The maximum Gasteiger partial charge on any atom is 0.295 e. The lowest BCUT2D eigenvalue weighted by Gasteiger charge is -2.26. The van der Waals surface area contributed by atoms with Crippen LogP contribution >= 0.6 is 15.9 Å². The first kappa shape index (κ1) is 27.5. The molecule has 0 bridgehead atoms. The van der Waals surface area contributed by atoms with Crippen molar-refractivity contribution in [1.82, 2.24) is 4.90 Å². The molecular weight excluding hydrogens is 546 g/mol. The van der Waals surface area contributed by atoms with E-state index in [-0.39, 0.29) is 23.3 Å². The van der Waals surface area contributed by atoms with E-state index in [2.05, 4.69) is 36.7 Å². The molecule has 1 aliphatic rings. The summed E-state index contributed by atoms with van der Waals surface area (Å²) >= 11 is 3.44. The van der Waals surface area contributed by atoms with Gasteiger partial charge < -0.3 is 19.5 Å². The van der Waals surface area contributed by atoms with Crippen LogP contribution in [0, 0.1) is 0 Å². The molecule has 0 radical (unpaired) electrons. The number of rotatable bonds is 7. The summed E-state index contributed by atoms with van der Waals surface area (Å²) in [7, 11) is 1.55. The average Bonchev–Trinajstić information content (AvgIpc) is 3.14. The van der Waals surface area contributed by atoms with Crippen molar-refractivity contribution in [2.45, 2.75) is 45.7 Å². The molecule has 1 atom stereocenters. The van der Waals surface area contributed by atoms with E-state index in [1.165, 1.54) is 4.90 Å². The molecule has 6 nitrogen and oxygen atoms in total. The van der Waals surface area contributed by atoms with Crippen LogP contribution in [0.5, 0.6) is 11.5 Å². The van der Waals surface area contributed by atoms with Crippen LogP contribution in [0.3, 0.4) is 0 Å². The molecule has 3 aromatic rings. The summed E-state index contributed by atoms with van der Waals surface area (Å²) in [6.07, 6.45) is 0. The number of carbonyl (C=O) groups is 2. The van der Waals surface area contributed by atoms with Crippen molar-refractivity contribution in [3.8, 4) is 11.5 Å². The summed E-state index contributed by atoms with van der Waals surface area (Å²) in [4.78, 5) is 28.3. The van der Waals surface area contributed by atoms with Gasteiger partial charge in [0.25, 0.3) is 11.7 Å². The Bertz CT molecular complexity index is 1370. The second-order valence-electron chi connectivity index (χ2n) is 10.2. The van der Waals surface area contributed by atoms with E-state index in [0.717, 1.165) is 22.4 Å². The lowest BCUT2D eigenvalue weighted by Crippen LogP contribution is -2.29. The van der Waals surface area contributed by atoms with Crippen LogP contribution < -0.4 is 9.47 Å². The second kappa shape index (κ2) is 11.0. The number of Topliss-reactive ketones (excluding diaryl/α,β-unsaturated/α-hetero) is 1. The lowest BCUT2D eigenvalue weighted by atomic mass is 9.85. The van der Waals surface area contributed by atoms with E-state index in [0.29, 0.717) is 22.4 Å². The predicted octanol–water partition coefficient (Wildman–Crippen LogP) is 6.78. The van der Waals surface area contributed by atoms with Gasteiger partial charge in [-0.3, -0.25) is 9.59 Å². The summed E-state index contributed by atoms with van der Waals surface area (Å²) in [5.74, 6) is -0.279. The number of ether oxygens (including phenoxy) is 2. The van der Waals surface area contributed by atoms with Gasteiger partial charge in [0.05, 0.1) is 29.8 Å². The van der Waals surface area contributed by atoms with Crippen LogP contribution in [0.2, 0.25) is 0 Å². The molecule has 1 unspecified atom stereocenters. The fourth-order valence-electron chi connectivity index (χ4n) is 4.58. The van der Waals surface area contributed by atoms with Gasteiger partial charge in [0, 0.05) is 12.1 Å². The SMILES string of the molecule is CCOc1ccc(CN2C(=O)C(=O)/C(=C(\O)c3ccc(OC)c(Br)c3)C2c2ccc(C(C)(C)C)cc2)cc1. The third-order valence-electron chi connectivity index (χ3n) is 6.64. The van der Waals surface area contributed by atoms with E-state index in [9.17, 15) is 14.7 Å². The summed E-state index contributed by atoms with van der Waals surface area (Å²) in [6.45, 7) is 9.05. The minimum absolute atomic E-state index is 0.0570. The topological polar surface area (TPSA) is 76.1 Å². The number of likely N-dealkylation sites (tertiary alicyclic amines) is 1. The molecule has 7 heteroatoms. The molecular formula is C31H32BrNO5. The van der Waals surface area contributed by atoms with Crippen LogP contribution in [-0.4, -0.2) is 35.4 Å². The summed E-state index contributed by atoms with van der Waals surface area (Å²) in [5, 5.41) is 11.4. The molecule has 4 rings (SSSR count). The molecule has 3 aromatic carbocycles. The van der Waals surface area contributed by atoms with Crippen molar-refractivity contribution < 1.29 is 24.2 Å². The number of benzene rings is 3. The van der Waals surface area contributed by atoms with Gasteiger partial charge in [0.1, 0.15) is 17.3 Å². The molecule has 0 aliphatic carbocycles. The maximum absolute atomic E-state index is 13.4. The third kappa shape index (κ3) is 5.48. The van der Waals surface area contributed by atoms with Gasteiger partial charge in [-0.05, 0) is 75.3 Å². The van der Waals surface area contributed by atoms with Crippen molar-refractivity contribution >= 4 is 33.4 Å². The Morgan fingerprint density at radius 1 is 1.00 bits per heavy atom. The number of amides is 1. The summed E-state index contributed by atoms with van der Waals surface area (Å²) in [5.41, 5.74) is 3.13. The number of methoxy groups -OCH3 is 1. The van der Waals surface area contributed by atoms with Crippen molar-refractivity contribution in [2.24, 2.45) is 0 Å². The van der Waals surface area contributed by atoms with E-state index >= 15 is 0 Å². The van der Waals surface area contributed by atoms with Gasteiger partial charge >= 0.3 is 0 Å². The normalized spacial score (nSPS) is 17.1. The average molecular weight is 579 g/mol. The first-order chi connectivity index (χ1) is 18.0. The predicted molar refractivity (Wildman–Crippen MR) is 151 cm³/mol. The van der Waals surface area contributed by atoms with Crippen LogP contribution in [0.1, 0.15) is 56.0 Å². The molecule has 38 heavy (non-hydrogen) atoms. The zero-order valence-corrected chi connectivity index (χ0v) is 23.8. The monoisotopic (exact) mass is 577 g/mol. The first-order valence-electron chi connectivity index (χ1n) is 12.5. The Kier molecular flexibility index (Phi) is 7.97. The summed E-state index contributed by atoms with van der Waals surface area (Å²) < 4.78 is 11.5. The fraction of sp³-hybridized carbons (Fsp3) is 0.290. The number of aliphatic hydroxyl groups excluding tert-OH is 1. The van der Waals surface area contributed by atoms with Gasteiger partial charge in [-0.1, -0.05) is 57.2 Å². The summed E-state index contributed by atoms with van der Waals surface area (Å²) in [6, 6.07) is 19.6. The quantitative estimate of drug-likeness (QED) is 0.190. The third-order valence-corrected chi connectivity index (χ3v) is 7.26. The van der Waals surface area contributed by atoms with Gasteiger partial charge in [-0.2, -0.15) is 0 Å². The van der Waals surface area contributed by atoms with Gasteiger partial charge in [-0.15, -0.1) is 0 Å². The number of carbonyl (C=O) groups excluding carboxylic acids is 2. The number of ketones is 1. The maximum atomic E-state index is 13.4. The number of hydrogen-bond acceptors (Lipinski definition) is 5. The molecule has 1 N–H and O–H groups in total. The van der Waals surface area contributed by atoms with Gasteiger partial charge in [-0.25, -0.2) is 0 Å². The highest BCUT2D eigenvalue weighted by molar-refractivity contribution is 9.10. The van der Waals surface area contributed by atoms with E-state index in [1.807, 2.05) is 55.5 Å². The zero-order chi connectivity index (χ0) is 27.6. The Morgan fingerprint density at radius 3 is 2.21 bits per heavy atom. The minimum atomic E-state index is -0.753. The van der Waals surface area contributed by atoms with Crippen molar-refractivity contribution in [3.05, 3.63) is 99.0 Å². The van der Waals surface area contributed by atoms with Crippen LogP contribution in [0.15, 0.2) is 76.8 Å². The zero-order valence-electron chi connectivity index (χ0n) is 22.2. The molecule has 0 spiro atoms. The number of nitrogens with zero attached hydrogens (tertiary/aromatic N) is 1. The van der Waals surface area contributed by atoms with Crippen LogP contribution in [0.25, 0.3) is 5.76 Å². The molecule has 1 amide bonds. The molecule has 0 aromatic heterocycles. The number of hydrogen-bond donors (Lipinski definition) is 1. The lowest BCUT2D eigenvalue weighted by molar-refractivity contribution is -0.140. The van der Waals surface area contributed by atoms with E-state index in [4.69, 9.17) is 9.47 Å². The Labute approximate surface area is 232 Å². The highest BCUT2D eigenvalue weighted by Crippen LogP contribution is 2.41. The van der Waals surface area contributed by atoms with E-state index < -0.39 is 17.7 Å². The minimum Gasteiger partial charge on any atom is -0.507 e. The van der Waals surface area contributed by atoms with E-state index in [1.54, 1.807) is 25.3 Å². The number of aliphatic hydroxyl groups is 1. The fourth-order valence-corrected chi connectivity index (χ4v) is 5.12. The molecule has 198 valence electrons. The molecule has 0 saturated carbocycles. The first-order valence-corrected chi connectivity index (χ1v) is 13.3. The van der Waals surface area contributed by atoms with Crippen molar-refractivity contribution in [3.63, 3.8) is 0 Å². The number of halogens is 1. The molecule has 1 fully saturated rings. The highest BCUT2D eigenvalue weighted by Gasteiger charge is 2.46. The smallest absolute Gasteiger partial charge is 0.295 e. The highest BCUT2D eigenvalue weighted by atomic mass is 79.9. The molecule has 1 heterocycles. The van der Waals surface area contributed by atoms with Gasteiger partial charge in [0.15, 0.2) is 0 Å². The Balaban J connectivity index is 1.82. The van der Waals surface area contributed by atoms with Crippen LogP contribution in [-0.2, 0) is 21.5 Å². The Hall–Kier alpha value is -3.58. The largest absolute Gasteiger partial charge is 0.507 e.